The number of unbranched alkanes of at least 4 members (excludes halogenated alkanes) is 51. The highest BCUT2D eigenvalue weighted by Gasteiger charge is 2.30. The van der Waals surface area contributed by atoms with Crippen LogP contribution in [0.1, 0.15) is 440 Å². The maximum absolute atomic E-state index is 13.2. The number of allylic oxidation sites excluding steroid dienone is 4. The summed E-state index contributed by atoms with van der Waals surface area (Å²) in [5.74, 6) is -0.594. The summed E-state index contributed by atoms with van der Waals surface area (Å²) in [6, 6.07) is 0. The molecule has 0 fully saturated rings. The molecular formula is C87H166O17P2. The zero-order valence-corrected chi connectivity index (χ0v) is 71.0. The molecule has 0 aromatic carbocycles. The summed E-state index contributed by atoms with van der Waals surface area (Å²) in [6.07, 6.45) is 73.1. The van der Waals surface area contributed by atoms with Gasteiger partial charge in [0, 0.05) is 25.7 Å². The second kappa shape index (κ2) is 77.8. The summed E-state index contributed by atoms with van der Waals surface area (Å²) in [6.45, 7) is 9.61. The Morgan fingerprint density at radius 2 is 0.509 bits per heavy atom. The Kier molecular flexibility index (Phi) is 76.0. The Bertz CT molecular complexity index is 2120. The number of rotatable bonds is 84. The van der Waals surface area contributed by atoms with Gasteiger partial charge >= 0.3 is 39.5 Å². The maximum atomic E-state index is 13.2. The fraction of sp³-hybridized carbons (Fsp3) is 0.908. The molecule has 5 atom stereocenters. The third kappa shape index (κ3) is 79.6. The van der Waals surface area contributed by atoms with Crippen molar-refractivity contribution in [3.63, 3.8) is 0 Å². The number of phosphoric acid groups is 2. The van der Waals surface area contributed by atoms with Crippen LogP contribution in [0.2, 0.25) is 0 Å². The van der Waals surface area contributed by atoms with Gasteiger partial charge < -0.3 is 33.8 Å². The molecule has 0 radical (unpaired) electrons. The molecule has 0 spiro atoms. The van der Waals surface area contributed by atoms with E-state index in [9.17, 15) is 43.2 Å². The van der Waals surface area contributed by atoms with Gasteiger partial charge in [0.25, 0.3) is 0 Å². The van der Waals surface area contributed by atoms with E-state index < -0.39 is 97.5 Å². The number of hydrogen-bond acceptors (Lipinski definition) is 15. The topological polar surface area (TPSA) is 237 Å². The van der Waals surface area contributed by atoms with Gasteiger partial charge in [0.1, 0.15) is 19.3 Å². The molecule has 106 heavy (non-hydrogen) atoms. The minimum Gasteiger partial charge on any atom is -0.462 e. The van der Waals surface area contributed by atoms with Crippen molar-refractivity contribution in [2.75, 3.05) is 39.6 Å². The first-order valence-corrected chi connectivity index (χ1v) is 47.3. The van der Waals surface area contributed by atoms with E-state index in [2.05, 4.69) is 65.8 Å². The van der Waals surface area contributed by atoms with Crippen LogP contribution in [-0.2, 0) is 65.4 Å². The first kappa shape index (κ1) is 104. The lowest BCUT2D eigenvalue weighted by Gasteiger charge is -2.21. The van der Waals surface area contributed by atoms with Crippen molar-refractivity contribution in [1.29, 1.82) is 0 Å². The molecule has 3 N–H and O–H groups in total. The molecule has 0 aliphatic heterocycles. The first-order chi connectivity index (χ1) is 51.4. The van der Waals surface area contributed by atoms with E-state index in [0.29, 0.717) is 25.7 Å². The van der Waals surface area contributed by atoms with Crippen molar-refractivity contribution < 1.29 is 80.2 Å². The third-order valence-electron chi connectivity index (χ3n) is 19.8. The lowest BCUT2D eigenvalue weighted by atomic mass is 10.0. The molecule has 0 rings (SSSR count). The number of hydrogen-bond donors (Lipinski definition) is 3. The average molecular weight is 1550 g/mol. The standard InChI is InChI=1S/C87H166O17P2/c1-7-9-11-13-15-17-19-21-23-24-25-26-27-28-29-31-37-41-47-54-60-66-72-87(92)103-82(75-97-84(89)69-63-57-51-45-39-35-33-32-34-38-43-49-55-61-67-79(3)4)77-101-105(93,94)99-73-81(88)74-100-106(95,96)102-78-83(76-98-85(90)70-64-58-52-48-42-44-50-56-62-68-80(5)6)104-86(91)71-65-59-53-46-40-36-30-22-20-18-16-14-12-10-8-2/h18,20,22,30,79-83,88H,7-17,19,21,23-29,31-78H2,1-6H3,(H,93,94)(H,95,96)/b20-18-,30-22-/t81-,82-,83-/m1/s1. The number of esters is 4. The normalized spacial score (nSPS) is 14.0. The Morgan fingerprint density at radius 1 is 0.292 bits per heavy atom. The molecular weight excluding hydrogens is 1380 g/mol. The summed E-state index contributed by atoms with van der Waals surface area (Å²) in [5, 5.41) is 10.7. The quantitative estimate of drug-likeness (QED) is 0.0169. The molecule has 0 saturated heterocycles. The van der Waals surface area contributed by atoms with Crippen molar-refractivity contribution in [2.45, 2.75) is 458 Å². The number of phosphoric ester groups is 2. The molecule has 0 aliphatic carbocycles. The SMILES string of the molecule is CCCCCC/C=C\C=C/CCCCCCCC(=O)O[C@H](COC(=O)CCCCCCCCCCCC(C)C)COP(=O)(O)OC[C@H](O)COP(=O)(O)OC[C@@H](COC(=O)CCCCCCCCCCCCCCCCC(C)C)OC(=O)CCCCCCCCCCCCCCCCCCCCCCCC. The molecule has 17 nitrogen and oxygen atoms in total. The molecule has 0 aromatic heterocycles. The number of carbonyl (C=O) groups excluding carboxylic acids is 4. The van der Waals surface area contributed by atoms with Crippen LogP contribution in [0.5, 0.6) is 0 Å². The van der Waals surface area contributed by atoms with Crippen LogP contribution in [-0.4, -0.2) is 96.7 Å². The van der Waals surface area contributed by atoms with E-state index in [-0.39, 0.29) is 25.7 Å². The van der Waals surface area contributed by atoms with Crippen LogP contribution in [0.4, 0.5) is 0 Å². The van der Waals surface area contributed by atoms with Gasteiger partial charge in [-0.3, -0.25) is 37.3 Å². The summed E-state index contributed by atoms with van der Waals surface area (Å²) in [4.78, 5) is 73.2. The van der Waals surface area contributed by atoms with Gasteiger partial charge in [0.05, 0.1) is 26.4 Å². The molecule has 626 valence electrons. The highest BCUT2D eigenvalue weighted by Crippen LogP contribution is 2.45. The second-order valence-corrected chi connectivity index (χ2v) is 34.5. The van der Waals surface area contributed by atoms with E-state index in [4.69, 9.17) is 37.0 Å². The van der Waals surface area contributed by atoms with Crippen LogP contribution in [0, 0.1) is 11.8 Å². The molecule has 0 aromatic rings. The lowest BCUT2D eigenvalue weighted by Crippen LogP contribution is -2.30. The highest BCUT2D eigenvalue weighted by atomic mass is 31.2. The molecule has 0 saturated carbocycles. The van der Waals surface area contributed by atoms with Gasteiger partial charge in [-0.25, -0.2) is 9.13 Å². The van der Waals surface area contributed by atoms with Gasteiger partial charge in [0.15, 0.2) is 12.2 Å². The Balaban J connectivity index is 5.27. The fourth-order valence-corrected chi connectivity index (χ4v) is 14.6. The smallest absolute Gasteiger partial charge is 0.462 e. The maximum Gasteiger partial charge on any atom is 0.472 e. The first-order valence-electron chi connectivity index (χ1n) is 44.3. The largest absolute Gasteiger partial charge is 0.472 e. The second-order valence-electron chi connectivity index (χ2n) is 31.5. The van der Waals surface area contributed by atoms with Gasteiger partial charge in [-0.1, -0.05) is 387 Å². The van der Waals surface area contributed by atoms with E-state index in [1.807, 2.05) is 0 Å². The molecule has 19 heteroatoms. The Labute approximate surface area is 650 Å². The molecule has 0 amide bonds. The van der Waals surface area contributed by atoms with Crippen molar-refractivity contribution >= 4 is 39.5 Å². The van der Waals surface area contributed by atoms with E-state index in [1.54, 1.807) is 0 Å². The molecule has 2 unspecified atom stereocenters. The predicted molar refractivity (Wildman–Crippen MR) is 437 cm³/mol. The van der Waals surface area contributed by atoms with Crippen molar-refractivity contribution in [3.8, 4) is 0 Å². The summed E-state index contributed by atoms with van der Waals surface area (Å²) in [7, 11) is -9.94. The average Bonchev–Trinajstić information content (AvgIpc) is 0.903. The predicted octanol–water partition coefficient (Wildman–Crippen LogP) is 26.2. The van der Waals surface area contributed by atoms with Crippen LogP contribution in [0.3, 0.4) is 0 Å². The van der Waals surface area contributed by atoms with Crippen LogP contribution in [0.25, 0.3) is 0 Å². The summed E-state index contributed by atoms with van der Waals surface area (Å²) >= 11 is 0. The number of ether oxygens (including phenoxy) is 4. The third-order valence-corrected chi connectivity index (χ3v) is 21.7. The minimum atomic E-state index is -4.97. The highest BCUT2D eigenvalue weighted by molar-refractivity contribution is 7.47. The Morgan fingerprint density at radius 3 is 0.774 bits per heavy atom. The molecule has 0 heterocycles. The van der Waals surface area contributed by atoms with E-state index >= 15 is 0 Å². The van der Waals surface area contributed by atoms with E-state index in [1.165, 1.54) is 244 Å². The van der Waals surface area contributed by atoms with Gasteiger partial charge in [-0.2, -0.15) is 0 Å². The molecule has 0 aliphatic rings. The van der Waals surface area contributed by atoms with Crippen LogP contribution >= 0.6 is 15.6 Å². The summed E-state index contributed by atoms with van der Waals surface area (Å²) < 4.78 is 68.9. The zero-order chi connectivity index (χ0) is 77.8. The molecule has 0 bridgehead atoms. The van der Waals surface area contributed by atoms with Crippen molar-refractivity contribution in [2.24, 2.45) is 11.8 Å². The monoisotopic (exact) mass is 1550 g/mol. The fourth-order valence-electron chi connectivity index (χ4n) is 13.1. The number of carbonyl (C=O) groups is 4. The lowest BCUT2D eigenvalue weighted by molar-refractivity contribution is -0.161. The van der Waals surface area contributed by atoms with Crippen LogP contribution in [0.15, 0.2) is 24.3 Å². The van der Waals surface area contributed by atoms with Gasteiger partial charge in [-0.05, 0) is 63.2 Å². The number of aliphatic hydroxyl groups excluding tert-OH is 1. The van der Waals surface area contributed by atoms with Gasteiger partial charge in [-0.15, -0.1) is 0 Å². The van der Waals surface area contributed by atoms with E-state index in [0.717, 1.165) is 115 Å². The van der Waals surface area contributed by atoms with Crippen LogP contribution < -0.4 is 0 Å². The summed E-state index contributed by atoms with van der Waals surface area (Å²) in [5.41, 5.74) is 0. The van der Waals surface area contributed by atoms with Gasteiger partial charge in [0.2, 0.25) is 0 Å². The van der Waals surface area contributed by atoms with Crippen molar-refractivity contribution in [3.05, 3.63) is 24.3 Å². The minimum absolute atomic E-state index is 0.0849. The van der Waals surface area contributed by atoms with Crippen molar-refractivity contribution in [1.82, 2.24) is 0 Å². The Hall–Kier alpha value is -2.46. The number of aliphatic hydroxyl groups is 1. The zero-order valence-electron chi connectivity index (χ0n) is 69.2.